The van der Waals surface area contributed by atoms with Gasteiger partial charge in [0.1, 0.15) is 16.4 Å². The average molecular weight is 393 g/mol. The van der Waals surface area contributed by atoms with Crippen LogP contribution in [-0.2, 0) is 11.2 Å². The van der Waals surface area contributed by atoms with Gasteiger partial charge in [0.25, 0.3) is 0 Å². The van der Waals surface area contributed by atoms with Crippen molar-refractivity contribution in [3.63, 3.8) is 0 Å². The van der Waals surface area contributed by atoms with Gasteiger partial charge in [0.05, 0.1) is 0 Å². The Morgan fingerprint density at radius 3 is 2.70 bits per heavy atom. The molecule has 1 aliphatic rings. The summed E-state index contributed by atoms with van der Waals surface area (Å²) in [5, 5.41) is 10.1. The maximum Gasteiger partial charge on any atom is 0.410 e. The van der Waals surface area contributed by atoms with E-state index in [1.54, 1.807) is 17.0 Å². The first kappa shape index (κ1) is 19.5. The van der Waals surface area contributed by atoms with Crippen LogP contribution >= 0.6 is 11.3 Å². The number of rotatable bonds is 3. The quantitative estimate of drug-likeness (QED) is 0.797. The molecule has 6 nitrogen and oxygen atoms in total. The molecule has 0 aliphatic carbocycles. The van der Waals surface area contributed by atoms with Crippen LogP contribution in [0.15, 0.2) is 24.3 Å². The highest BCUT2D eigenvalue weighted by molar-refractivity contribution is 7.15. The summed E-state index contributed by atoms with van der Waals surface area (Å²) < 4.78 is 19.3. The molecule has 1 saturated heterocycles. The molecule has 27 heavy (non-hydrogen) atoms. The molecule has 8 heteroatoms. The van der Waals surface area contributed by atoms with E-state index in [0.717, 1.165) is 10.1 Å². The van der Waals surface area contributed by atoms with Crippen LogP contribution in [0, 0.1) is 5.82 Å². The van der Waals surface area contributed by atoms with Crippen molar-refractivity contribution < 1.29 is 13.9 Å². The Morgan fingerprint density at radius 2 is 2.04 bits per heavy atom. The highest BCUT2D eigenvalue weighted by Gasteiger charge is 2.31. The number of carbonyl (C=O) groups excluding carboxylic acids is 1. The monoisotopic (exact) mass is 392 g/mol. The molecule has 0 bridgehead atoms. The molecule has 3 rings (SSSR count). The van der Waals surface area contributed by atoms with E-state index in [1.165, 1.54) is 17.4 Å². The van der Waals surface area contributed by atoms with Gasteiger partial charge in [-0.1, -0.05) is 29.5 Å². The third-order valence-corrected chi connectivity index (χ3v) is 5.27. The molecule has 1 aromatic carbocycles. The van der Waals surface area contributed by atoms with Gasteiger partial charge in [0.2, 0.25) is 5.13 Å². The smallest absolute Gasteiger partial charge is 0.410 e. The van der Waals surface area contributed by atoms with E-state index in [9.17, 15) is 9.18 Å². The summed E-state index contributed by atoms with van der Waals surface area (Å²) in [5.74, 6) is -0.228. The van der Waals surface area contributed by atoms with E-state index in [-0.39, 0.29) is 18.0 Å². The maximum absolute atomic E-state index is 13.8. The zero-order valence-corrected chi connectivity index (χ0v) is 16.9. The number of piperazine rings is 1. The van der Waals surface area contributed by atoms with Crippen LogP contribution in [0.2, 0.25) is 0 Å². The Hall–Kier alpha value is -2.22. The summed E-state index contributed by atoms with van der Waals surface area (Å²) in [6, 6.07) is 6.72. The van der Waals surface area contributed by atoms with E-state index in [4.69, 9.17) is 4.74 Å². The molecule has 0 spiro atoms. The second-order valence-corrected chi connectivity index (χ2v) is 8.76. The van der Waals surface area contributed by atoms with E-state index >= 15 is 0 Å². The first-order valence-corrected chi connectivity index (χ1v) is 9.85. The summed E-state index contributed by atoms with van der Waals surface area (Å²) in [7, 11) is 0. The lowest BCUT2D eigenvalue weighted by atomic mass is 10.1. The number of benzene rings is 1. The van der Waals surface area contributed by atoms with Gasteiger partial charge in [-0.3, -0.25) is 0 Å². The lowest BCUT2D eigenvalue weighted by molar-refractivity contribution is 0.0159. The number of anilines is 1. The van der Waals surface area contributed by atoms with Crippen molar-refractivity contribution in [3.05, 3.63) is 40.7 Å². The maximum atomic E-state index is 13.8. The molecule has 2 aromatic rings. The molecule has 1 amide bonds. The number of nitrogens with zero attached hydrogens (tertiary/aromatic N) is 4. The summed E-state index contributed by atoms with van der Waals surface area (Å²) in [6.07, 6.45) is 0.143. The molecule has 1 fully saturated rings. The Balaban J connectivity index is 1.62. The fraction of sp³-hybridized carbons (Fsp3) is 0.526. The summed E-state index contributed by atoms with van der Waals surface area (Å²) >= 11 is 1.47. The molecule has 146 valence electrons. The number of amides is 1. The van der Waals surface area contributed by atoms with Crippen molar-refractivity contribution in [3.8, 4) is 0 Å². The number of hydrogen-bond acceptors (Lipinski definition) is 6. The molecule has 0 N–H and O–H groups in total. The summed E-state index contributed by atoms with van der Waals surface area (Å²) in [5.41, 5.74) is 0.109. The molecular weight excluding hydrogens is 367 g/mol. The third-order valence-electron chi connectivity index (χ3n) is 4.28. The van der Waals surface area contributed by atoms with Crippen LogP contribution in [0.3, 0.4) is 0 Å². The number of halogens is 1. The van der Waals surface area contributed by atoms with E-state index in [0.29, 0.717) is 31.6 Å². The minimum atomic E-state index is -0.505. The fourth-order valence-electron chi connectivity index (χ4n) is 2.97. The Labute approximate surface area is 163 Å². The zero-order valence-electron chi connectivity index (χ0n) is 16.1. The minimum absolute atomic E-state index is 0.00696. The number of carbonyl (C=O) groups is 1. The first-order valence-electron chi connectivity index (χ1n) is 9.03. The minimum Gasteiger partial charge on any atom is -0.444 e. The normalized spacial score (nSPS) is 17.9. The van der Waals surface area contributed by atoms with Gasteiger partial charge in [-0.05, 0) is 39.3 Å². The van der Waals surface area contributed by atoms with Gasteiger partial charge in [0, 0.05) is 32.1 Å². The molecule has 0 saturated carbocycles. The van der Waals surface area contributed by atoms with E-state index < -0.39 is 5.60 Å². The van der Waals surface area contributed by atoms with Crippen LogP contribution in [0.5, 0.6) is 0 Å². The van der Waals surface area contributed by atoms with Gasteiger partial charge in [0.15, 0.2) is 0 Å². The van der Waals surface area contributed by atoms with Crippen molar-refractivity contribution in [2.75, 3.05) is 24.5 Å². The van der Waals surface area contributed by atoms with Crippen molar-refractivity contribution in [2.24, 2.45) is 0 Å². The van der Waals surface area contributed by atoms with Crippen LogP contribution < -0.4 is 4.90 Å². The number of aromatic nitrogens is 2. The lowest BCUT2D eigenvalue weighted by Gasteiger charge is -2.39. The zero-order chi connectivity index (χ0) is 19.6. The average Bonchev–Trinajstić information content (AvgIpc) is 3.04. The molecule has 2 heterocycles. The Bertz CT molecular complexity index is 805. The highest BCUT2D eigenvalue weighted by Crippen LogP contribution is 2.26. The molecule has 1 atom stereocenters. The van der Waals surface area contributed by atoms with Crippen LogP contribution in [-0.4, -0.2) is 52.5 Å². The highest BCUT2D eigenvalue weighted by atomic mass is 32.1. The predicted molar refractivity (Wildman–Crippen MR) is 104 cm³/mol. The van der Waals surface area contributed by atoms with E-state index in [2.05, 4.69) is 15.1 Å². The predicted octanol–water partition coefficient (Wildman–Crippen LogP) is 3.71. The molecular formula is C19H25FN4O2S. The lowest BCUT2D eigenvalue weighted by Crippen LogP contribution is -2.55. The van der Waals surface area contributed by atoms with Crippen molar-refractivity contribution in [2.45, 2.75) is 45.8 Å². The molecule has 1 aliphatic heterocycles. The summed E-state index contributed by atoms with van der Waals surface area (Å²) in [6.45, 7) is 9.49. The van der Waals surface area contributed by atoms with Crippen molar-refractivity contribution in [1.82, 2.24) is 15.1 Å². The second kappa shape index (κ2) is 7.80. The number of hydrogen-bond donors (Lipinski definition) is 0. The van der Waals surface area contributed by atoms with E-state index in [1.807, 2.05) is 33.8 Å². The SMILES string of the molecule is C[C@@H]1CN(c2nnc(Cc3ccccc3F)s2)CCN1C(=O)OC(C)(C)C. The van der Waals surface area contributed by atoms with Crippen LogP contribution in [0.4, 0.5) is 14.3 Å². The van der Waals surface area contributed by atoms with Crippen molar-refractivity contribution in [1.29, 1.82) is 0 Å². The molecule has 0 radical (unpaired) electrons. The van der Waals surface area contributed by atoms with Gasteiger partial charge in [-0.15, -0.1) is 10.2 Å². The first-order chi connectivity index (χ1) is 12.7. The van der Waals surface area contributed by atoms with Crippen LogP contribution in [0.25, 0.3) is 0 Å². The Kier molecular flexibility index (Phi) is 5.64. The number of ether oxygens (including phenoxy) is 1. The van der Waals surface area contributed by atoms with Gasteiger partial charge >= 0.3 is 6.09 Å². The van der Waals surface area contributed by atoms with Crippen LogP contribution in [0.1, 0.15) is 38.3 Å². The topological polar surface area (TPSA) is 58.6 Å². The summed E-state index contributed by atoms with van der Waals surface area (Å²) in [4.78, 5) is 16.2. The largest absolute Gasteiger partial charge is 0.444 e. The second-order valence-electron chi connectivity index (χ2n) is 7.72. The van der Waals surface area contributed by atoms with Gasteiger partial charge in [-0.25, -0.2) is 9.18 Å². The van der Waals surface area contributed by atoms with Gasteiger partial charge in [-0.2, -0.15) is 0 Å². The van der Waals surface area contributed by atoms with Gasteiger partial charge < -0.3 is 14.5 Å². The van der Waals surface area contributed by atoms with Crippen molar-refractivity contribution >= 4 is 22.6 Å². The fourth-order valence-corrected chi connectivity index (χ4v) is 3.87. The Morgan fingerprint density at radius 1 is 1.30 bits per heavy atom. The molecule has 1 aromatic heterocycles. The third kappa shape index (κ3) is 4.94. The standard InChI is InChI=1S/C19H25FN4O2S/c1-13-12-23(9-10-24(13)18(25)26-19(2,3)4)17-22-21-16(27-17)11-14-7-5-6-8-15(14)20/h5-8,13H,9-12H2,1-4H3/t13-/m1/s1. The molecule has 0 unspecified atom stereocenters.